The van der Waals surface area contributed by atoms with E-state index in [1.54, 1.807) is 0 Å². The molecule has 1 N–H and O–H groups in total. The summed E-state index contributed by atoms with van der Waals surface area (Å²) >= 11 is 1.49. The van der Waals surface area contributed by atoms with Gasteiger partial charge in [-0.3, -0.25) is 4.79 Å². The smallest absolute Gasteiger partial charge is 0.330 e. The number of rotatable bonds is 6. The predicted molar refractivity (Wildman–Crippen MR) is 87.1 cm³/mol. The minimum absolute atomic E-state index is 0.172. The number of nitrogens with zero attached hydrogens (tertiary/aromatic N) is 4. The number of aromatic nitrogens is 4. The Labute approximate surface area is 143 Å². The Bertz CT molecular complexity index is 679. The minimum Gasteiger partial charge on any atom is -0.454 e. The molecule has 2 aromatic heterocycles. The van der Waals surface area contributed by atoms with E-state index in [-0.39, 0.29) is 25.1 Å². The van der Waals surface area contributed by atoms with Crippen molar-refractivity contribution in [3.8, 4) is 10.7 Å². The van der Waals surface area contributed by atoms with E-state index in [1.165, 1.54) is 17.8 Å². The van der Waals surface area contributed by atoms with Crippen LogP contribution >= 0.6 is 11.3 Å². The van der Waals surface area contributed by atoms with Crippen molar-refractivity contribution in [2.45, 2.75) is 44.7 Å². The third kappa shape index (κ3) is 4.60. The third-order valence-electron chi connectivity index (χ3n) is 3.80. The monoisotopic (exact) mass is 349 g/mol. The van der Waals surface area contributed by atoms with Crippen molar-refractivity contribution in [2.24, 2.45) is 0 Å². The van der Waals surface area contributed by atoms with Gasteiger partial charge in [0, 0.05) is 6.04 Å². The Balaban J connectivity index is 1.41. The van der Waals surface area contributed by atoms with Crippen LogP contribution in [0.25, 0.3) is 10.7 Å². The van der Waals surface area contributed by atoms with Crippen LogP contribution in [-0.2, 0) is 20.9 Å². The van der Waals surface area contributed by atoms with Crippen LogP contribution in [-0.4, -0.2) is 44.7 Å². The highest BCUT2D eigenvalue weighted by atomic mass is 32.1. The molecular weight excluding hydrogens is 330 g/mol. The van der Waals surface area contributed by atoms with Gasteiger partial charge in [0.2, 0.25) is 5.82 Å². The molecule has 3 rings (SSSR count). The fourth-order valence-corrected chi connectivity index (χ4v) is 3.29. The maximum Gasteiger partial charge on any atom is 0.330 e. The van der Waals surface area contributed by atoms with E-state index >= 15 is 0 Å². The van der Waals surface area contributed by atoms with Crippen LogP contribution in [0.5, 0.6) is 0 Å². The molecule has 0 saturated heterocycles. The number of carbonyl (C=O) groups is 2. The molecule has 1 saturated carbocycles. The van der Waals surface area contributed by atoms with E-state index in [0.29, 0.717) is 5.82 Å². The molecule has 9 heteroatoms. The lowest BCUT2D eigenvalue weighted by Gasteiger charge is -2.22. The maximum absolute atomic E-state index is 11.8. The number of nitrogens with one attached hydrogen (secondary N) is 1. The van der Waals surface area contributed by atoms with Gasteiger partial charge in [-0.25, -0.2) is 4.79 Å². The normalized spacial score (nSPS) is 15.2. The van der Waals surface area contributed by atoms with E-state index in [1.807, 2.05) is 17.5 Å². The van der Waals surface area contributed by atoms with Gasteiger partial charge < -0.3 is 10.1 Å². The molecule has 8 nitrogen and oxygen atoms in total. The second-order valence-corrected chi connectivity index (χ2v) is 6.63. The highest BCUT2D eigenvalue weighted by Gasteiger charge is 2.17. The predicted octanol–water partition coefficient (Wildman–Crippen LogP) is 1.39. The average molecular weight is 349 g/mol. The molecule has 0 bridgehead atoms. The number of hydrogen-bond donors (Lipinski definition) is 1. The molecule has 0 aromatic carbocycles. The third-order valence-corrected chi connectivity index (χ3v) is 4.67. The van der Waals surface area contributed by atoms with Crippen molar-refractivity contribution in [3.63, 3.8) is 0 Å². The van der Waals surface area contributed by atoms with Gasteiger partial charge >= 0.3 is 5.97 Å². The first kappa shape index (κ1) is 16.6. The summed E-state index contributed by atoms with van der Waals surface area (Å²) < 4.78 is 4.97. The lowest BCUT2D eigenvalue weighted by Crippen LogP contribution is -2.39. The van der Waals surface area contributed by atoms with Crippen molar-refractivity contribution < 1.29 is 14.3 Å². The molecule has 2 aromatic rings. The first-order chi connectivity index (χ1) is 11.7. The summed E-state index contributed by atoms with van der Waals surface area (Å²) in [6.07, 6.45) is 5.48. The van der Waals surface area contributed by atoms with Crippen molar-refractivity contribution in [1.29, 1.82) is 0 Å². The molecule has 0 spiro atoms. The lowest BCUT2D eigenvalue weighted by atomic mass is 9.95. The topological polar surface area (TPSA) is 99.0 Å². The summed E-state index contributed by atoms with van der Waals surface area (Å²) in [5.41, 5.74) is 0. The second kappa shape index (κ2) is 8.00. The summed E-state index contributed by atoms with van der Waals surface area (Å²) in [6.45, 7) is -0.448. The zero-order valence-electron chi connectivity index (χ0n) is 13.2. The van der Waals surface area contributed by atoms with Gasteiger partial charge in [-0.05, 0) is 29.5 Å². The van der Waals surface area contributed by atoms with E-state index in [9.17, 15) is 9.59 Å². The van der Waals surface area contributed by atoms with Crippen LogP contribution in [0.1, 0.15) is 32.1 Å². The summed E-state index contributed by atoms with van der Waals surface area (Å²) in [5, 5.41) is 16.6. The van der Waals surface area contributed by atoms with Crippen molar-refractivity contribution >= 4 is 23.2 Å². The standard InChI is InChI=1S/C15H19N5O3S/c21-13(16-11-5-2-1-3-6-11)10-23-14(22)9-20-18-15(17-19-20)12-7-4-8-24-12/h4,7-8,11H,1-3,5-6,9-10H2,(H,16,21). The lowest BCUT2D eigenvalue weighted by molar-refractivity contribution is -0.149. The quantitative estimate of drug-likeness (QED) is 0.791. The van der Waals surface area contributed by atoms with Gasteiger partial charge in [0.15, 0.2) is 13.2 Å². The maximum atomic E-state index is 11.8. The summed E-state index contributed by atoms with van der Waals surface area (Å²) in [5.74, 6) is -0.363. The molecular formula is C15H19N5O3S. The Morgan fingerprint density at radius 1 is 1.33 bits per heavy atom. The first-order valence-corrected chi connectivity index (χ1v) is 8.85. The van der Waals surface area contributed by atoms with Crippen molar-refractivity contribution in [1.82, 2.24) is 25.5 Å². The number of amides is 1. The van der Waals surface area contributed by atoms with Gasteiger partial charge in [0.05, 0.1) is 4.88 Å². The molecule has 0 radical (unpaired) electrons. The molecule has 0 unspecified atom stereocenters. The van der Waals surface area contributed by atoms with Crippen LogP contribution in [0.4, 0.5) is 0 Å². The highest BCUT2D eigenvalue weighted by molar-refractivity contribution is 7.13. The van der Waals surface area contributed by atoms with Crippen LogP contribution in [0.3, 0.4) is 0 Å². The second-order valence-electron chi connectivity index (χ2n) is 5.68. The van der Waals surface area contributed by atoms with Gasteiger partial charge in [-0.1, -0.05) is 25.3 Å². The van der Waals surface area contributed by atoms with E-state index in [4.69, 9.17) is 4.74 Å². The molecule has 2 heterocycles. The fourth-order valence-electron chi connectivity index (χ4n) is 2.64. The molecule has 128 valence electrons. The fraction of sp³-hybridized carbons (Fsp3) is 0.533. The van der Waals surface area contributed by atoms with Gasteiger partial charge in [0.25, 0.3) is 5.91 Å². The Kier molecular flexibility index (Phi) is 5.52. The average Bonchev–Trinajstić information content (AvgIpc) is 3.25. The molecule has 1 amide bonds. The number of ether oxygens (including phenoxy) is 1. The molecule has 1 aliphatic carbocycles. The number of carbonyl (C=O) groups excluding carboxylic acids is 2. The van der Waals surface area contributed by atoms with E-state index < -0.39 is 5.97 Å². The molecule has 24 heavy (non-hydrogen) atoms. The molecule has 1 fully saturated rings. The van der Waals surface area contributed by atoms with Gasteiger partial charge in [-0.15, -0.1) is 21.5 Å². The Morgan fingerprint density at radius 2 is 2.17 bits per heavy atom. The van der Waals surface area contributed by atoms with E-state index in [2.05, 4.69) is 20.7 Å². The van der Waals surface area contributed by atoms with Gasteiger partial charge in [0.1, 0.15) is 0 Å². The van der Waals surface area contributed by atoms with Crippen LogP contribution in [0.15, 0.2) is 17.5 Å². The van der Waals surface area contributed by atoms with Gasteiger partial charge in [-0.2, -0.15) is 4.80 Å². The Hall–Kier alpha value is -2.29. The van der Waals surface area contributed by atoms with Crippen LogP contribution in [0.2, 0.25) is 0 Å². The summed E-state index contributed by atoms with van der Waals surface area (Å²) in [4.78, 5) is 25.6. The zero-order chi connectivity index (χ0) is 16.8. The molecule has 1 aliphatic rings. The number of esters is 1. The van der Waals surface area contributed by atoms with Crippen molar-refractivity contribution in [2.75, 3.05) is 6.61 Å². The molecule has 0 atom stereocenters. The zero-order valence-corrected chi connectivity index (χ0v) is 14.0. The SMILES string of the molecule is O=C(COC(=O)Cn1nnc(-c2cccs2)n1)NC1CCCCC1. The highest BCUT2D eigenvalue weighted by Crippen LogP contribution is 2.19. The summed E-state index contributed by atoms with van der Waals surface area (Å²) in [7, 11) is 0. The van der Waals surface area contributed by atoms with E-state index in [0.717, 1.165) is 35.4 Å². The first-order valence-electron chi connectivity index (χ1n) is 7.97. The minimum atomic E-state index is -0.566. The number of thiophene rings is 1. The number of hydrogen-bond acceptors (Lipinski definition) is 7. The summed E-state index contributed by atoms with van der Waals surface area (Å²) in [6, 6.07) is 3.97. The van der Waals surface area contributed by atoms with Crippen molar-refractivity contribution in [3.05, 3.63) is 17.5 Å². The Morgan fingerprint density at radius 3 is 2.92 bits per heavy atom. The van der Waals surface area contributed by atoms with Crippen LogP contribution in [0, 0.1) is 0 Å². The number of tetrazole rings is 1. The van der Waals surface area contributed by atoms with Crippen LogP contribution < -0.4 is 5.32 Å². The molecule has 0 aliphatic heterocycles. The largest absolute Gasteiger partial charge is 0.454 e.